The zero-order valence-corrected chi connectivity index (χ0v) is 21.6. The number of ether oxygens (including phenoxy) is 1. The van der Waals surface area contributed by atoms with Crippen molar-refractivity contribution in [1.82, 2.24) is 14.5 Å². The van der Waals surface area contributed by atoms with Gasteiger partial charge in [0.05, 0.1) is 18.2 Å². The van der Waals surface area contributed by atoms with Gasteiger partial charge in [0.15, 0.2) is 0 Å². The topological polar surface area (TPSA) is 135 Å². The number of ketones is 1. The Labute approximate surface area is 221 Å². The average Bonchev–Trinajstić information content (AvgIpc) is 3.21. The van der Waals surface area contributed by atoms with E-state index in [-0.39, 0.29) is 36.4 Å². The van der Waals surface area contributed by atoms with E-state index < -0.39 is 29.0 Å². The number of hydrogen-bond donors (Lipinski definition) is 1. The minimum Gasteiger partial charge on any atom is -0.473 e. The van der Waals surface area contributed by atoms with E-state index in [1.165, 1.54) is 18.2 Å². The number of carbonyl (C=O) groups excluding carboxylic acids is 2. The van der Waals surface area contributed by atoms with Gasteiger partial charge in [-0.25, -0.2) is 9.18 Å². The molecule has 14 heteroatoms. The van der Waals surface area contributed by atoms with Crippen molar-refractivity contribution in [1.29, 1.82) is 5.26 Å². The Bertz CT molecular complexity index is 1350. The lowest BCUT2D eigenvalue weighted by Gasteiger charge is -2.39. The zero-order chi connectivity index (χ0) is 29.1. The van der Waals surface area contributed by atoms with Crippen molar-refractivity contribution in [2.45, 2.75) is 58.1 Å². The maximum Gasteiger partial charge on any atom is 0.449 e. The lowest BCUT2D eigenvalue weighted by atomic mass is 10.0. The number of nitriles is 1. The Hall–Kier alpha value is -3.99. The van der Waals surface area contributed by atoms with Crippen LogP contribution < -0.4 is 21.1 Å². The number of nitrogens with zero attached hydrogens (tertiary/aromatic N) is 5. The van der Waals surface area contributed by atoms with E-state index in [1.54, 1.807) is 21.6 Å². The molecular formula is C25H28F4N6O4. The number of carbonyl (C=O) groups is 2. The molecule has 210 valence electrons. The third kappa shape index (κ3) is 7.53. The second-order valence-electron chi connectivity index (χ2n) is 9.97. The van der Waals surface area contributed by atoms with Gasteiger partial charge in [0, 0.05) is 44.6 Å². The van der Waals surface area contributed by atoms with E-state index >= 15 is 0 Å². The number of Topliss-reactive ketones (excluding diaryl/α,β-unsaturated/α-hetero) is 1. The predicted octanol–water partition coefficient (Wildman–Crippen LogP) is 2.13. The van der Waals surface area contributed by atoms with E-state index in [0.29, 0.717) is 44.5 Å². The summed E-state index contributed by atoms with van der Waals surface area (Å²) in [6.07, 6.45) is -4.37. The van der Waals surface area contributed by atoms with Crippen LogP contribution in [-0.2, 0) is 22.7 Å². The number of fused-ring (bicyclic) bond motifs is 3. The summed E-state index contributed by atoms with van der Waals surface area (Å²) in [5, 5.41) is 8.97. The minimum absolute atomic E-state index is 0.0126. The van der Waals surface area contributed by atoms with Gasteiger partial charge in [-0.2, -0.15) is 23.4 Å². The number of nitrogens with two attached hydrogens (primary N) is 1. The number of benzene rings is 1. The van der Waals surface area contributed by atoms with Gasteiger partial charge >= 0.3 is 11.9 Å². The second-order valence-corrected chi connectivity index (χ2v) is 9.97. The number of rotatable bonds is 5. The third-order valence-electron chi connectivity index (χ3n) is 6.03. The minimum atomic E-state index is -4.64. The van der Waals surface area contributed by atoms with Gasteiger partial charge in [0.25, 0.3) is 0 Å². The predicted molar refractivity (Wildman–Crippen MR) is 131 cm³/mol. The summed E-state index contributed by atoms with van der Waals surface area (Å²) < 4.78 is 53.2. The smallest absolute Gasteiger partial charge is 0.449 e. The van der Waals surface area contributed by atoms with E-state index in [1.807, 2.05) is 13.8 Å². The molecule has 39 heavy (non-hydrogen) atoms. The van der Waals surface area contributed by atoms with E-state index in [9.17, 15) is 31.9 Å². The summed E-state index contributed by atoms with van der Waals surface area (Å²) in [6.45, 7) is 6.28. The maximum absolute atomic E-state index is 13.5. The zero-order valence-electron chi connectivity index (χ0n) is 21.6. The van der Waals surface area contributed by atoms with Crippen LogP contribution in [0.2, 0.25) is 0 Å². The van der Waals surface area contributed by atoms with Crippen molar-refractivity contribution in [3.63, 3.8) is 0 Å². The molecule has 0 radical (unpaired) electrons. The Balaban J connectivity index is 0.000000532. The highest BCUT2D eigenvalue weighted by atomic mass is 19.4. The molecule has 4 rings (SSSR count). The van der Waals surface area contributed by atoms with E-state index in [4.69, 9.17) is 15.7 Å². The molecule has 2 aromatic rings. The van der Waals surface area contributed by atoms with Crippen molar-refractivity contribution >= 4 is 17.5 Å². The van der Waals surface area contributed by atoms with Crippen molar-refractivity contribution < 1.29 is 31.9 Å². The highest BCUT2D eigenvalue weighted by Crippen LogP contribution is 2.29. The van der Waals surface area contributed by atoms with Crippen LogP contribution >= 0.6 is 0 Å². The standard InChI is InChI=1S/C22H25FN6O3.C3H3F3O/c1-22(2,25)9-20(30)27-5-6-28-16(11-27)12-29-19(28)8-18(26-21(29)31)32-13-14-3-4-17(23)15(7-14)10-24;1-2(7)3(4,5)6/h3-4,7-8,16H,5-6,9,11-13,25H2,1-2H3;1H3. The Kier molecular flexibility index (Phi) is 8.64. The Morgan fingerprint density at radius 3 is 2.46 bits per heavy atom. The number of halogens is 4. The molecule has 3 heterocycles. The van der Waals surface area contributed by atoms with Crippen LogP contribution in [0.1, 0.15) is 38.3 Å². The van der Waals surface area contributed by atoms with Crippen LogP contribution in [0.4, 0.5) is 23.4 Å². The molecule has 1 amide bonds. The van der Waals surface area contributed by atoms with E-state index in [2.05, 4.69) is 9.88 Å². The highest BCUT2D eigenvalue weighted by Gasteiger charge is 2.37. The molecule has 0 aliphatic carbocycles. The van der Waals surface area contributed by atoms with Gasteiger partial charge in [0.2, 0.25) is 17.6 Å². The summed E-state index contributed by atoms with van der Waals surface area (Å²) in [6, 6.07) is 7.61. The molecule has 2 aliphatic rings. The Morgan fingerprint density at radius 1 is 1.21 bits per heavy atom. The molecular weight excluding hydrogens is 524 g/mol. The highest BCUT2D eigenvalue weighted by molar-refractivity contribution is 5.81. The first kappa shape index (κ1) is 29.6. The molecule has 0 saturated carbocycles. The molecule has 0 spiro atoms. The lowest BCUT2D eigenvalue weighted by Crippen LogP contribution is -2.55. The monoisotopic (exact) mass is 552 g/mol. The normalized spacial score (nSPS) is 16.4. The first-order valence-electron chi connectivity index (χ1n) is 11.9. The molecule has 1 atom stereocenters. The quantitative estimate of drug-likeness (QED) is 0.558. The number of piperazine rings is 1. The first-order valence-corrected chi connectivity index (χ1v) is 11.9. The molecule has 10 nitrogen and oxygen atoms in total. The number of amides is 1. The summed E-state index contributed by atoms with van der Waals surface area (Å²) in [5.74, 6) is -1.48. The molecule has 1 saturated heterocycles. The Morgan fingerprint density at radius 2 is 1.87 bits per heavy atom. The SMILES string of the molecule is CC(=O)C(F)(F)F.CC(C)(N)CC(=O)N1CCN2c3cc(OCc4ccc(F)c(C#N)c4)nc(=O)n3CC2C1. The van der Waals surface area contributed by atoms with E-state index in [0.717, 1.165) is 0 Å². The molecule has 0 bridgehead atoms. The van der Waals surface area contributed by atoms with Gasteiger partial charge in [-0.05, 0) is 31.5 Å². The average molecular weight is 553 g/mol. The summed E-state index contributed by atoms with van der Waals surface area (Å²) in [4.78, 5) is 42.4. The second kappa shape index (κ2) is 11.4. The fourth-order valence-electron chi connectivity index (χ4n) is 4.11. The maximum atomic E-state index is 13.5. The molecule has 1 aromatic carbocycles. The lowest BCUT2D eigenvalue weighted by molar-refractivity contribution is -0.168. The molecule has 1 fully saturated rings. The number of aromatic nitrogens is 2. The van der Waals surface area contributed by atoms with Crippen LogP contribution in [0, 0.1) is 17.1 Å². The van der Waals surface area contributed by atoms with Gasteiger partial charge in [-0.1, -0.05) is 6.07 Å². The fourth-order valence-corrected chi connectivity index (χ4v) is 4.11. The van der Waals surface area contributed by atoms with Crippen molar-refractivity contribution in [3.8, 4) is 11.9 Å². The van der Waals surface area contributed by atoms with Crippen LogP contribution in [0.25, 0.3) is 0 Å². The molecule has 1 aromatic heterocycles. The van der Waals surface area contributed by atoms with Crippen LogP contribution in [0.5, 0.6) is 5.88 Å². The van der Waals surface area contributed by atoms with Crippen LogP contribution in [0.15, 0.2) is 29.1 Å². The van der Waals surface area contributed by atoms with Gasteiger partial charge in [-0.3, -0.25) is 14.2 Å². The number of alkyl halides is 3. The summed E-state index contributed by atoms with van der Waals surface area (Å²) >= 11 is 0. The molecule has 2 aliphatic heterocycles. The number of hydrogen-bond acceptors (Lipinski definition) is 8. The third-order valence-corrected chi connectivity index (χ3v) is 6.03. The van der Waals surface area contributed by atoms with Crippen molar-refractivity contribution in [2.75, 3.05) is 24.5 Å². The molecule has 2 N–H and O–H groups in total. The van der Waals surface area contributed by atoms with Crippen LogP contribution in [0.3, 0.4) is 0 Å². The molecule has 1 unspecified atom stereocenters. The summed E-state index contributed by atoms with van der Waals surface area (Å²) in [5.41, 5.74) is 5.52. The first-order chi connectivity index (χ1) is 18.1. The fraction of sp³-hybridized carbons (Fsp3) is 0.480. The number of anilines is 1. The van der Waals surface area contributed by atoms with Gasteiger partial charge in [-0.15, -0.1) is 0 Å². The van der Waals surface area contributed by atoms with Gasteiger partial charge < -0.3 is 20.3 Å². The van der Waals surface area contributed by atoms with Crippen LogP contribution in [-0.4, -0.2) is 63.5 Å². The van der Waals surface area contributed by atoms with Crippen molar-refractivity contribution in [3.05, 3.63) is 51.7 Å². The largest absolute Gasteiger partial charge is 0.473 e. The van der Waals surface area contributed by atoms with Gasteiger partial charge in [0.1, 0.15) is 24.3 Å². The van der Waals surface area contributed by atoms with Crippen molar-refractivity contribution in [2.24, 2.45) is 5.73 Å². The summed E-state index contributed by atoms with van der Waals surface area (Å²) in [7, 11) is 0.